The van der Waals surface area contributed by atoms with Gasteiger partial charge in [-0.3, -0.25) is 11.3 Å². The quantitative estimate of drug-likeness (QED) is 0.591. The predicted octanol–water partition coefficient (Wildman–Crippen LogP) is 2.44. The maximum absolute atomic E-state index is 13.7. The minimum absolute atomic E-state index is 0.0719. The van der Waals surface area contributed by atoms with E-state index in [0.29, 0.717) is 5.56 Å². The molecule has 2 nitrogen and oxygen atoms in total. The van der Waals surface area contributed by atoms with E-state index in [2.05, 4.69) is 12.3 Å². The Morgan fingerprint density at radius 3 is 2.67 bits per heavy atom. The van der Waals surface area contributed by atoms with E-state index in [4.69, 9.17) is 5.84 Å². The van der Waals surface area contributed by atoms with Gasteiger partial charge in [-0.25, -0.2) is 4.39 Å². The first-order valence-corrected chi connectivity index (χ1v) is 5.29. The van der Waals surface area contributed by atoms with Crippen molar-refractivity contribution in [1.29, 1.82) is 0 Å². The van der Waals surface area contributed by atoms with Crippen LogP contribution in [0.1, 0.15) is 36.9 Å². The predicted molar refractivity (Wildman–Crippen MR) is 58.5 cm³/mol. The van der Waals surface area contributed by atoms with E-state index < -0.39 is 0 Å². The van der Waals surface area contributed by atoms with Gasteiger partial charge < -0.3 is 0 Å². The summed E-state index contributed by atoms with van der Waals surface area (Å²) >= 11 is 0. The van der Waals surface area contributed by atoms with E-state index in [0.717, 1.165) is 18.4 Å². The topological polar surface area (TPSA) is 38.0 Å². The first-order valence-electron chi connectivity index (χ1n) is 5.29. The summed E-state index contributed by atoms with van der Waals surface area (Å²) < 4.78 is 13.7. The van der Waals surface area contributed by atoms with Crippen LogP contribution in [0.4, 0.5) is 4.39 Å². The minimum Gasteiger partial charge on any atom is -0.271 e. The van der Waals surface area contributed by atoms with Crippen molar-refractivity contribution in [1.82, 2.24) is 5.43 Å². The van der Waals surface area contributed by atoms with Crippen LogP contribution in [-0.2, 0) is 0 Å². The van der Waals surface area contributed by atoms with E-state index >= 15 is 0 Å². The molecule has 1 aromatic carbocycles. The molecule has 1 aromatic rings. The van der Waals surface area contributed by atoms with Crippen LogP contribution in [0.3, 0.4) is 0 Å². The molecular weight excluding hydrogens is 191 g/mol. The molecule has 0 aliphatic heterocycles. The van der Waals surface area contributed by atoms with Gasteiger partial charge in [0, 0.05) is 5.56 Å². The highest BCUT2D eigenvalue weighted by Crippen LogP contribution is 2.54. The molecule has 0 amide bonds. The number of aryl methyl sites for hydroxylation is 1. The normalized spacial score (nSPS) is 20.0. The fraction of sp³-hybridized carbons (Fsp3) is 0.500. The molecule has 0 radical (unpaired) electrons. The molecule has 1 aliphatic rings. The highest BCUT2D eigenvalue weighted by atomic mass is 19.1. The van der Waals surface area contributed by atoms with Crippen LogP contribution in [0, 0.1) is 18.2 Å². The van der Waals surface area contributed by atoms with Crippen molar-refractivity contribution in [3.63, 3.8) is 0 Å². The zero-order valence-corrected chi connectivity index (χ0v) is 9.18. The number of rotatable bonds is 3. The Morgan fingerprint density at radius 1 is 1.47 bits per heavy atom. The summed E-state index contributed by atoms with van der Waals surface area (Å²) in [6.07, 6.45) is 2.21. The summed E-state index contributed by atoms with van der Waals surface area (Å²) in [5.74, 6) is 5.36. The number of benzene rings is 1. The molecule has 1 atom stereocenters. The molecule has 2 rings (SSSR count). The maximum atomic E-state index is 13.7. The van der Waals surface area contributed by atoms with Crippen LogP contribution in [-0.4, -0.2) is 0 Å². The number of hydrogen-bond donors (Lipinski definition) is 2. The highest BCUT2D eigenvalue weighted by Gasteiger charge is 2.45. The first-order chi connectivity index (χ1) is 7.07. The summed E-state index contributed by atoms with van der Waals surface area (Å²) in [5, 5.41) is 0. The number of nitrogens with two attached hydrogens (primary N) is 1. The van der Waals surface area contributed by atoms with E-state index in [1.165, 1.54) is 6.07 Å². The summed E-state index contributed by atoms with van der Waals surface area (Å²) in [6.45, 7) is 4.10. The lowest BCUT2D eigenvalue weighted by Gasteiger charge is -2.23. The molecule has 1 saturated carbocycles. The van der Waals surface area contributed by atoms with Gasteiger partial charge in [0.05, 0.1) is 6.04 Å². The lowest BCUT2D eigenvalue weighted by atomic mass is 9.91. The Labute approximate surface area is 89.6 Å². The first kappa shape index (κ1) is 10.6. The van der Waals surface area contributed by atoms with Crippen molar-refractivity contribution >= 4 is 0 Å². The SMILES string of the molecule is Cc1ccc(F)c(C(NN)C2(C)CC2)c1. The van der Waals surface area contributed by atoms with Gasteiger partial charge in [0.15, 0.2) is 0 Å². The second kappa shape index (κ2) is 3.58. The molecule has 1 aliphatic carbocycles. The third-order valence-electron chi connectivity index (χ3n) is 3.36. The molecule has 82 valence electrons. The molecule has 15 heavy (non-hydrogen) atoms. The average molecular weight is 208 g/mol. The van der Waals surface area contributed by atoms with E-state index in [1.54, 1.807) is 6.07 Å². The Kier molecular flexibility index (Phi) is 2.52. The van der Waals surface area contributed by atoms with Crippen LogP contribution < -0.4 is 11.3 Å². The maximum Gasteiger partial charge on any atom is 0.128 e. The molecule has 0 saturated heterocycles. The molecular formula is C12H17FN2. The molecule has 1 fully saturated rings. The fourth-order valence-electron chi connectivity index (χ4n) is 2.04. The van der Waals surface area contributed by atoms with Gasteiger partial charge in [0.1, 0.15) is 5.82 Å². The van der Waals surface area contributed by atoms with Crippen molar-refractivity contribution in [3.8, 4) is 0 Å². The van der Waals surface area contributed by atoms with Gasteiger partial charge in [-0.1, -0.05) is 24.6 Å². The summed E-state index contributed by atoms with van der Waals surface area (Å²) in [7, 11) is 0. The van der Waals surface area contributed by atoms with Gasteiger partial charge >= 0.3 is 0 Å². The number of nitrogens with one attached hydrogen (secondary N) is 1. The number of hydrogen-bond acceptors (Lipinski definition) is 2. The molecule has 3 heteroatoms. The third-order valence-corrected chi connectivity index (χ3v) is 3.36. The summed E-state index contributed by atoms with van der Waals surface area (Å²) in [6, 6.07) is 5.10. The van der Waals surface area contributed by atoms with Crippen molar-refractivity contribution in [2.45, 2.75) is 32.7 Å². The zero-order valence-electron chi connectivity index (χ0n) is 9.18. The Bertz CT molecular complexity index is 372. The van der Waals surface area contributed by atoms with Gasteiger partial charge in [-0.05, 0) is 31.2 Å². The van der Waals surface area contributed by atoms with Crippen LogP contribution in [0.2, 0.25) is 0 Å². The van der Waals surface area contributed by atoms with Crippen LogP contribution >= 0.6 is 0 Å². The van der Waals surface area contributed by atoms with Gasteiger partial charge in [0.2, 0.25) is 0 Å². The van der Waals surface area contributed by atoms with E-state index in [-0.39, 0.29) is 17.3 Å². The third kappa shape index (κ3) is 1.90. The second-order valence-electron chi connectivity index (χ2n) is 4.78. The van der Waals surface area contributed by atoms with Crippen molar-refractivity contribution in [2.24, 2.45) is 11.3 Å². The molecule has 1 unspecified atom stereocenters. The lowest BCUT2D eigenvalue weighted by Crippen LogP contribution is -2.34. The van der Waals surface area contributed by atoms with Crippen molar-refractivity contribution in [3.05, 3.63) is 35.1 Å². The number of hydrazine groups is 1. The average Bonchev–Trinajstić information content (AvgIpc) is 2.92. The van der Waals surface area contributed by atoms with Crippen molar-refractivity contribution < 1.29 is 4.39 Å². The van der Waals surface area contributed by atoms with E-state index in [1.807, 2.05) is 13.0 Å². The number of halogens is 1. The van der Waals surface area contributed by atoms with Crippen molar-refractivity contribution in [2.75, 3.05) is 0 Å². The summed E-state index contributed by atoms with van der Waals surface area (Å²) in [4.78, 5) is 0. The Hall–Kier alpha value is -0.930. The highest BCUT2D eigenvalue weighted by molar-refractivity contribution is 5.29. The van der Waals surface area contributed by atoms with Crippen LogP contribution in [0.15, 0.2) is 18.2 Å². The zero-order chi connectivity index (χ0) is 11.1. The Balaban J connectivity index is 2.37. The monoisotopic (exact) mass is 208 g/mol. The molecule has 0 spiro atoms. The smallest absolute Gasteiger partial charge is 0.128 e. The van der Waals surface area contributed by atoms with Gasteiger partial charge in [-0.2, -0.15) is 0 Å². The van der Waals surface area contributed by atoms with Crippen LogP contribution in [0.5, 0.6) is 0 Å². The van der Waals surface area contributed by atoms with Crippen LogP contribution in [0.25, 0.3) is 0 Å². The molecule has 0 heterocycles. The second-order valence-corrected chi connectivity index (χ2v) is 4.78. The molecule has 0 bridgehead atoms. The summed E-state index contributed by atoms with van der Waals surface area (Å²) in [5.41, 5.74) is 4.63. The lowest BCUT2D eigenvalue weighted by molar-refractivity contribution is 0.360. The Morgan fingerprint density at radius 2 is 2.13 bits per heavy atom. The fourth-order valence-corrected chi connectivity index (χ4v) is 2.04. The van der Waals surface area contributed by atoms with Gasteiger partial charge in [-0.15, -0.1) is 0 Å². The largest absolute Gasteiger partial charge is 0.271 e. The van der Waals surface area contributed by atoms with Gasteiger partial charge in [0.25, 0.3) is 0 Å². The standard InChI is InChI=1S/C12H17FN2/c1-8-3-4-10(13)9(7-8)11(15-14)12(2)5-6-12/h3-4,7,11,15H,5-6,14H2,1-2H3. The van der Waals surface area contributed by atoms with E-state index in [9.17, 15) is 4.39 Å². The molecule has 3 N–H and O–H groups in total. The molecule has 0 aromatic heterocycles. The minimum atomic E-state index is -0.170.